The second-order valence-corrected chi connectivity index (χ2v) is 13.1. The molecule has 1 atom stereocenters. The van der Waals surface area contributed by atoms with Crippen molar-refractivity contribution in [3.63, 3.8) is 0 Å². The van der Waals surface area contributed by atoms with Gasteiger partial charge in [-0.3, -0.25) is 0 Å². The molecule has 0 spiro atoms. The van der Waals surface area contributed by atoms with Crippen LogP contribution in [0.3, 0.4) is 0 Å². The van der Waals surface area contributed by atoms with Crippen LogP contribution >= 0.6 is 69.3 Å². The number of allylic oxidation sites excluding steroid dienone is 1. The lowest BCUT2D eigenvalue weighted by molar-refractivity contribution is 0.0740. The number of carbonyl (C=O) groups is 1. The Morgan fingerprint density at radius 2 is 1.74 bits per heavy atom. The van der Waals surface area contributed by atoms with E-state index in [-0.39, 0.29) is 33.7 Å². The van der Waals surface area contributed by atoms with Crippen LogP contribution in [0, 0.1) is 11.3 Å². The number of methoxy groups -OCH3 is 1. The second-order valence-electron chi connectivity index (χ2n) is 9.95. The van der Waals surface area contributed by atoms with Gasteiger partial charge in [-0.25, -0.2) is 4.79 Å². The maximum atomic E-state index is 13.2. The summed E-state index contributed by atoms with van der Waals surface area (Å²) in [5.74, 6) is -0.0110. The van der Waals surface area contributed by atoms with Crippen LogP contribution < -0.4 is 24.7 Å². The fraction of sp³-hybridized carbons (Fsp3) is 0.0909. The highest BCUT2D eigenvalue weighted by Crippen LogP contribution is 2.46. The van der Waals surface area contributed by atoms with Gasteiger partial charge in [-0.15, -0.1) is 11.3 Å². The van der Waals surface area contributed by atoms with Gasteiger partial charge in [0.15, 0.2) is 11.5 Å². The quantitative estimate of drug-likeness (QED) is 0.131. The van der Waals surface area contributed by atoms with E-state index in [9.17, 15) is 10.1 Å². The van der Waals surface area contributed by atoms with Crippen molar-refractivity contribution >= 4 is 85.4 Å². The second kappa shape index (κ2) is 13.1. The molecule has 232 valence electrons. The predicted octanol–water partition coefficient (Wildman–Crippen LogP) is 10.2. The number of nitrogens with zero attached hydrogens (tertiary/aromatic N) is 1. The number of hydrogen-bond donors (Lipinski definition) is 1. The number of nitriles is 1. The Morgan fingerprint density at radius 1 is 0.957 bits per heavy atom. The zero-order chi connectivity index (χ0) is 32.7. The summed E-state index contributed by atoms with van der Waals surface area (Å²) in [5.41, 5.74) is 8.47. The average Bonchev–Trinajstić information content (AvgIpc) is 3.36. The van der Waals surface area contributed by atoms with Crippen LogP contribution in [0.5, 0.6) is 23.0 Å². The minimum Gasteiger partial charge on any atom is -0.493 e. The molecule has 0 bridgehead atoms. The summed E-state index contributed by atoms with van der Waals surface area (Å²) in [6.07, 6.45) is 0. The lowest BCUT2D eigenvalue weighted by Gasteiger charge is -2.27. The van der Waals surface area contributed by atoms with Crippen molar-refractivity contribution in [2.75, 3.05) is 7.11 Å². The molecule has 6 rings (SSSR count). The molecular formula is C33H19Cl5N2O5S. The number of nitrogens with two attached hydrogens (primary N) is 1. The van der Waals surface area contributed by atoms with E-state index < -0.39 is 11.9 Å². The molecule has 0 saturated carbocycles. The zero-order valence-corrected chi connectivity index (χ0v) is 28.1. The van der Waals surface area contributed by atoms with Gasteiger partial charge in [0.25, 0.3) is 0 Å². The Balaban J connectivity index is 1.29. The Bertz CT molecular complexity index is 2120. The third-order valence-corrected chi connectivity index (χ3v) is 9.87. The van der Waals surface area contributed by atoms with Crippen LogP contribution in [0.2, 0.25) is 25.1 Å². The minimum absolute atomic E-state index is 0.0841. The number of carbonyl (C=O) groups excluding carboxylic acids is 1. The van der Waals surface area contributed by atoms with Gasteiger partial charge in [0.1, 0.15) is 34.6 Å². The molecule has 0 amide bonds. The first-order valence-electron chi connectivity index (χ1n) is 13.3. The third kappa shape index (κ3) is 6.15. The number of ether oxygens (including phenoxy) is 4. The number of hydrogen-bond acceptors (Lipinski definition) is 8. The molecule has 1 aliphatic rings. The zero-order valence-electron chi connectivity index (χ0n) is 23.5. The fourth-order valence-corrected chi connectivity index (χ4v) is 7.72. The van der Waals surface area contributed by atoms with Gasteiger partial charge < -0.3 is 24.7 Å². The largest absolute Gasteiger partial charge is 0.493 e. The van der Waals surface area contributed by atoms with E-state index in [1.807, 2.05) is 0 Å². The molecule has 4 aromatic carbocycles. The van der Waals surface area contributed by atoms with Crippen LogP contribution in [0.25, 0.3) is 10.1 Å². The maximum Gasteiger partial charge on any atom is 0.355 e. The van der Waals surface area contributed by atoms with Gasteiger partial charge in [0.05, 0.1) is 23.1 Å². The van der Waals surface area contributed by atoms with Crippen LogP contribution in [0.15, 0.2) is 78.2 Å². The third-order valence-electron chi connectivity index (χ3n) is 7.16. The lowest BCUT2D eigenvalue weighted by atomic mass is 9.83. The summed E-state index contributed by atoms with van der Waals surface area (Å²) in [7, 11) is 1.51. The maximum absolute atomic E-state index is 13.2. The number of rotatable bonds is 7. The number of thiophene rings is 1. The van der Waals surface area contributed by atoms with E-state index >= 15 is 0 Å². The van der Waals surface area contributed by atoms with Crippen molar-refractivity contribution < 1.29 is 23.7 Å². The molecule has 2 N–H and O–H groups in total. The number of fused-ring (bicyclic) bond motifs is 2. The molecule has 46 heavy (non-hydrogen) atoms. The van der Waals surface area contributed by atoms with Gasteiger partial charge >= 0.3 is 5.97 Å². The van der Waals surface area contributed by atoms with Gasteiger partial charge in [0.2, 0.25) is 5.88 Å². The van der Waals surface area contributed by atoms with Crippen LogP contribution in [0.1, 0.15) is 32.3 Å². The molecule has 2 heterocycles. The smallest absolute Gasteiger partial charge is 0.355 e. The van der Waals surface area contributed by atoms with E-state index in [1.54, 1.807) is 60.7 Å². The normalized spacial score (nSPS) is 14.0. The Kier molecular flexibility index (Phi) is 9.17. The summed E-state index contributed by atoms with van der Waals surface area (Å²) in [6.45, 7) is 0.178. The summed E-state index contributed by atoms with van der Waals surface area (Å²) in [6, 6.07) is 20.7. The van der Waals surface area contributed by atoms with Crippen LogP contribution in [-0.4, -0.2) is 13.1 Å². The summed E-state index contributed by atoms with van der Waals surface area (Å²) in [5, 5.41) is 12.5. The molecule has 7 nitrogen and oxygen atoms in total. The van der Waals surface area contributed by atoms with E-state index in [0.29, 0.717) is 58.6 Å². The van der Waals surface area contributed by atoms with Gasteiger partial charge in [-0.05, 0) is 48.0 Å². The molecule has 13 heteroatoms. The highest BCUT2D eigenvalue weighted by atomic mass is 35.5. The first kappa shape index (κ1) is 32.1. The summed E-state index contributed by atoms with van der Waals surface area (Å²) in [4.78, 5) is 13.3. The number of esters is 1. The molecule has 0 radical (unpaired) electrons. The summed E-state index contributed by atoms with van der Waals surface area (Å²) < 4.78 is 23.7. The Morgan fingerprint density at radius 3 is 2.48 bits per heavy atom. The fourth-order valence-electron chi connectivity index (χ4n) is 5.02. The number of benzene rings is 4. The molecule has 0 saturated heterocycles. The lowest BCUT2D eigenvalue weighted by Crippen LogP contribution is -2.21. The SMILES string of the molecule is COc1cc(C2C(C#N)=C(N)Oc3cc(OC(=O)c4sc5cc(Cl)cc(Cl)c5c4Cl)ccc32)ccc1OCc1ccc(Cl)cc1Cl. The first-order chi connectivity index (χ1) is 22.1. The highest BCUT2D eigenvalue weighted by molar-refractivity contribution is 7.21. The molecule has 5 aromatic rings. The molecule has 1 aromatic heterocycles. The van der Waals surface area contributed by atoms with E-state index in [0.717, 1.165) is 16.9 Å². The average molecular weight is 733 g/mol. The molecule has 1 aliphatic heterocycles. The van der Waals surface area contributed by atoms with E-state index in [1.165, 1.54) is 13.2 Å². The topological polar surface area (TPSA) is 104 Å². The van der Waals surface area contributed by atoms with Crippen LogP contribution in [-0.2, 0) is 6.61 Å². The Hall–Kier alpha value is -3.81. The van der Waals surface area contributed by atoms with Gasteiger partial charge in [0, 0.05) is 42.3 Å². The van der Waals surface area contributed by atoms with Gasteiger partial charge in [-0.1, -0.05) is 76.2 Å². The highest BCUT2D eigenvalue weighted by Gasteiger charge is 2.32. The molecule has 0 aliphatic carbocycles. The Labute approximate surface area is 292 Å². The van der Waals surface area contributed by atoms with Crippen molar-refractivity contribution in [3.8, 4) is 29.1 Å². The van der Waals surface area contributed by atoms with Crippen molar-refractivity contribution in [2.45, 2.75) is 12.5 Å². The molecule has 1 unspecified atom stereocenters. The van der Waals surface area contributed by atoms with Crippen molar-refractivity contribution in [1.82, 2.24) is 0 Å². The van der Waals surface area contributed by atoms with E-state index in [4.69, 9.17) is 82.7 Å². The van der Waals surface area contributed by atoms with Crippen molar-refractivity contribution in [3.05, 3.63) is 125 Å². The first-order valence-corrected chi connectivity index (χ1v) is 16.0. The standard InChI is InChI=1S/C33H19Cl5N2O5S/c1-42-26-8-15(3-7-24(26)43-14-16-2-4-17(34)9-22(16)36)28-20-6-5-19(12-25(20)45-32(40)21(28)13-39)44-33(41)31-30(38)29-23(37)10-18(35)11-27(29)46-31/h2-12,28H,14,40H2,1H3. The van der Waals surface area contributed by atoms with E-state index in [2.05, 4.69) is 6.07 Å². The predicted molar refractivity (Wildman–Crippen MR) is 181 cm³/mol. The summed E-state index contributed by atoms with van der Waals surface area (Å²) >= 11 is 32.3. The van der Waals surface area contributed by atoms with Gasteiger partial charge in [-0.2, -0.15) is 5.26 Å². The van der Waals surface area contributed by atoms with Crippen molar-refractivity contribution in [2.24, 2.45) is 5.73 Å². The number of halogens is 5. The van der Waals surface area contributed by atoms with Crippen molar-refractivity contribution in [1.29, 1.82) is 5.26 Å². The molecular weight excluding hydrogens is 714 g/mol. The monoisotopic (exact) mass is 730 g/mol. The molecule has 0 fully saturated rings. The minimum atomic E-state index is -0.688. The van der Waals surface area contributed by atoms with Crippen LogP contribution in [0.4, 0.5) is 0 Å².